The van der Waals surface area contributed by atoms with Gasteiger partial charge in [0, 0.05) is 10.2 Å². The summed E-state index contributed by atoms with van der Waals surface area (Å²) < 4.78 is 5.75. The average molecular weight is 270 g/mol. The monoisotopic (exact) mass is 269 g/mol. The maximum absolute atomic E-state index is 11.2. The molecule has 15 heavy (non-hydrogen) atoms. The van der Waals surface area contributed by atoms with E-state index in [9.17, 15) is 4.79 Å². The summed E-state index contributed by atoms with van der Waals surface area (Å²) in [6.45, 7) is 2.79. The molecule has 0 radical (unpaired) electrons. The van der Waals surface area contributed by atoms with Crippen LogP contribution < -0.4 is 4.90 Å². The average Bonchev–Trinajstić information content (AvgIpc) is 3.01. The number of benzene rings is 1. The van der Waals surface area contributed by atoms with E-state index >= 15 is 0 Å². The zero-order chi connectivity index (χ0) is 11.0. The molecule has 4 heteroatoms. The van der Waals surface area contributed by atoms with Gasteiger partial charge < -0.3 is 9.64 Å². The molecule has 1 aromatic carbocycles. The minimum absolute atomic E-state index is 0.0930. The number of nitrogens with zero attached hydrogens (tertiary/aromatic N) is 1. The Morgan fingerprint density at radius 1 is 1.60 bits per heavy atom. The first-order chi connectivity index (χ1) is 7.13. The van der Waals surface area contributed by atoms with Crippen molar-refractivity contribution in [2.75, 3.05) is 18.6 Å². The van der Waals surface area contributed by atoms with E-state index in [4.69, 9.17) is 0 Å². The molecule has 1 aliphatic rings. The van der Waals surface area contributed by atoms with Crippen molar-refractivity contribution < 1.29 is 9.53 Å². The zero-order valence-electron chi connectivity index (χ0n) is 8.66. The van der Waals surface area contributed by atoms with Crippen molar-refractivity contribution in [3.05, 3.63) is 28.2 Å². The number of methoxy groups -OCH3 is 1. The highest BCUT2D eigenvalue weighted by molar-refractivity contribution is 9.10. The molecular weight excluding hydrogens is 258 g/mol. The van der Waals surface area contributed by atoms with Gasteiger partial charge in [0.2, 0.25) is 0 Å². The van der Waals surface area contributed by atoms with Gasteiger partial charge in [-0.1, -0.05) is 22.0 Å². The molecule has 1 atom stereocenters. The van der Waals surface area contributed by atoms with Gasteiger partial charge in [-0.15, -0.1) is 0 Å². The lowest BCUT2D eigenvalue weighted by molar-refractivity contribution is -0.139. The minimum atomic E-state index is -0.160. The Hall–Kier alpha value is -1.03. The van der Waals surface area contributed by atoms with Crippen LogP contribution in [0, 0.1) is 6.92 Å². The summed E-state index contributed by atoms with van der Waals surface area (Å²) in [5.74, 6) is -0.160. The Bertz CT molecular complexity index is 406. The predicted molar refractivity (Wildman–Crippen MR) is 62.0 cm³/mol. The molecule has 2 rings (SSSR count). The third-order valence-electron chi connectivity index (χ3n) is 2.57. The Labute approximate surface area is 97.2 Å². The fourth-order valence-electron chi connectivity index (χ4n) is 1.52. The number of aryl methyl sites for hydroxylation is 1. The molecule has 1 fully saturated rings. The van der Waals surface area contributed by atoms with Crippen molar-refractivity contribution in [1.82, 2.24) is 0 Å². The number of halogens is 1. The van der Waals surface area contributed by atoms with Crippen LogP contribution in [0.25, 0.3) is 0 Å². The summed E-state index contributed by atoms with van der Waals surface area (Å²) in [5.41, 5.74) is 2.25. The van der Waals surface area contributed by atoms with Crippen LogP contribution in [0.1, 0.15) is 5.56 Å². The van der Waals surface area contributed by atoms with E-state index in [0.717, 1.165) is 16.7 Å². The number of hydrogen-bond donors (Lipinski definition) is 0. The standard InChI is InChI=1S/C11H12BrNO2/c1-7-3-4-8(5-9(7)12)13-6-10(13)11(14)15-2/h3-5,10H,6H2,1-2H3. The Balaban J connectivity index is 2.13. The molecule has 3 nitrogen and oxygen atoms in total. The van der Waals surface area contributed by atoms with Crippen LogP contribution in [0.5, 0.6) is 0 Å². The quantitative estimate of drug-likeness (QED) is 0.609. The lowest BCUT2D eigenvalue weighted by Gasteiger charge is -2.06. The summed E-state index contributed by atoms with van der Waals surface area (Å²) >= 11 is 3.47. The molecule has 80 valence electrons. The third-order valence-corrected chi connectivity index (χ3v) is 3.43. The number of carbonyl (C=O) groups excluding carboxylic acids is 1. The first-order valence-electron chi connectivity index (χ1n) is 4.74. The molecule has 0 aliphatic carbocycles. The molecule has 1 saturated heterocycles. The number of carbonyl (C=O) groups is 1. The number of hydrogen-bond acceptors (Lipinski definition) is 3. The van der Waals surface area contributed by atoms with E-state index in [0.29, 0.717) is 0 Å². The predicted octanol–water partition coefficient (Wildman–Crippen LogP) is 2.12. The van der Waals surface area contributed by atoms with Crippen LogP contribution in [0.4, 0.5) is 5.69 Å². The van der Waals surface area contributed by atoms with Crippen LogP contribution in [-0.2, 0) is 9.53 Å². The molecule has 1 heterocycles. The smallest absolute Gasteiger partial charge is 0.330 e. The van der Waals surface area contributed by atoms with Crippen molar-refractivity contribution in [1.29, 1.82) is 0 Å². The molecule has 0 amide bonds. The Kier molecular flexibility index (Phi) is 2.69. The lowest BCUT2D eigenvalue weighted by Crippen LogP contribution is -2.13. The van der Waals surface area contributed by atoms with Gasteiger partial charge in [-0.05, 0) is 24.6 Å². The lowest BCUT2D eigenvalue weighted by atomic mass is 10.2. The zero-order valence-corrected chi connectivity index (χ0v) is 10.2. The van der Waals surface area contributed by atoms with Crippen LogP contribution >= 0.6 is 15.9 Å². The summed E-state index contributed by atoms with van der Waals surface area (Å²) in [6, 6.07) is 5.98. The molecular formula is C11H12BrNO2. The second-order valence-electron chi connectivity index (χ2n) is 3.62. The number of rotatable bonds is 2. The van der Waals surface area contributed by atoms with Crippen molar-refractivity contribution in [2.24, 2.45) is 0 Å². The number of ether oxygens (including phenoxy) is 1. The van der Waals surface area contributed by atoms with Crippen molar-refractivity contribution in [2.45, 2.75) is 13.0 Å². The maximum atomic E-state index is 11.2. The number of esters is 1. The molecule has 0 aromatic heterocycles. The van der Waals surface area contributed by atoms with Gasteiger partial charge in [0.1, 0.15) is 6.04 Å². The Morgan fingerprint density at radius 3 is 2.93 bits per heavy atom. The second kappa shape index (κ2) is 3.85. The van der Waals surface area contributed by atoms with Gasteiger partial charge in [-0.3, -0.25) is 0 Å². The fraction of sp³-hybridized carbons (Fsp3) is 0.364. The molecule has 0 spiro atoms. The molecule has 1 unspecified atom stereocenters. The largest absolute Gasteiger partial charge is 0.467 e. The highest BCUT2D eigenvalue weighted by Crippen LogP contribution is 2.31. The van der Waals surface area contributed by atoms with Crippen LogP contribution in [-0.4, -0.2) is 25.7 Å². The third kappa shape index (κ3) is 2.00. The molecule has 0 saturated carbocycles. The molecule has 0 N–H and O–H groups in total. The molecule has 1 aromatic rings. The van der Waals surface area contributed by atoms with Crippen LogP contribution in [0.15, 0.2) is 22.7 Å². The van der Waals surface area contributed by atoms with Gasteiger partial charge in [-0.2, -0.15) is 0 Å². The fourth-order valence-corrected chi connectivity index (χ4v) is 1.89. The van der Waals surface area contributed by atoms with Crippen LogP contribution in [0.2, 0.25) is 0 Å². The van der Waals surface area contributed by atoms with Gasteiger partial charge in [0.15, 0.2) is 0 Å². The first-order valence-corrected chi connectivity index (χ1v) is 5.53. The first kappa shape index (κ1) is 10.5. The van der Waals surface area contributed by atoms with Gasteiger partial charge in [-0.25, -0.2) is 4.79 Å². The van der Waals surface area contributed by atoms with Gasteiger partial charge >= 0.3 is 5.97 Å². The molecule has 0 bridgehead atoms. The summed E-state index contributed by atoms with van der Waals surface area (Å²) in [6.07, 6.45) is 0. The van der Waals surface area contributed by atoms with E-state index in [1.807, 2.05) is 30.0 Å². The maximum Gasteiger partial charge on any atom is 0.330 e. The number of anilines is 1. The van der Waals surface area contributed by atoms with Crippen LogP contribution in [0.3, 0.4) is 0 Å². The van der Waals surface area contributed by atoms with Crippen molar-refractivity contribution >= 4 is 27.6 Å². The SMILES string of the molecule is COC(=O)C1CN1c1ccc(C)c(Br)c1. The van der Waals surface area contributed by atoms with Crippen molar-refractivity contribution in [3.63, 3.8) is 0 Å². The van der Waals surface area contributed by atoms with Gasteiger partial charge in [0.25, 0.3) is 0 Å². The highest BCUT2D eigenvalue weighted by atomic mass is 79.9. The summed E-state index contributed by atoms with van der Waals surface area (Å²) in [7, 11) is 1.42. The molecule has 1 aliphatic heterocycles. The van der Waals surface area contributed by atoms with E-state index in [1.165, 1.54) is 12.7 Å². The Morgan fingerprint density at radius 2 is 2.33 bits per heavy atom. The topological polar surface area (TPSA) is 29.3 Å². The summed E-state index contributed by atoms with van der Waals surface area (Å²) in [5, 5.41) is 0. The minimum Gasteiger partial charge on any atom is -0.467 e. The van der Waals surface area contributed by atoms with Gasteiger partial charge in [0.05, 0.1) is 13.7 Å². The van der Waals surface area contributed by atoms with E-state index in [1.54, 1.807) is 0 Å². The van der Waals surface area contributed by atoms with E-state index in [-0.39, 0.29) is 12.0 Å². The van der Waals surface area contributed by atoms with E-state index < -0.39 is 0 Å². The second-order valence-corrected chi connectivity index (χ2v) is 4.48. The summed E-state index contributed by atoms with van der Waals surface area (Å²) in [4.78, 5) is 13.2. The van der Waals surface area contributed by atoms with Crippen molar-refractivity contribution in [3.8, 4) is 0 Å². The normalized spacial score (nSPS) is 18.9. The van der Waals surface area contributed by atoms with E-state index in [2.05, 4.69) is 20.7 Å². The highest BCUT2D eigenvalue weighted by Gasteiger charge is 2.41.